The van der Waals surface area contributed by atoms with Gasteiger partial charge in [-0.1, -0.05) is 12.1 Å². The fourth-order valence-corrected chi connectivity index (χ4v) is 3.82. The quantitative estimate of drug-likeness (QED) is 0.847. The zero-order valence-corrected chi connectivity index (χ0v) is 13.9. The van der Waals surface area contributed by atoms with E-state index < -0.39 is 5.97 Å². The number of aromatic nitrogens is 2. The highest BCUT2D eigenvalue weighted by Crippen LogP contribution is 2.63. The van der Waals surface area contributed by atoms with Crippen LogP contribution in [-0.2, 0) is 11.3 Å². The second-order valence-corrected chi connectivity index (χ2v) is 7.38. The molecule has 0 radical (unpaired) electrons. The molecule has 6 heteroatoms. The number of amides is 1. The van der Waals surface area contributed by atoms with Crippen LogP contribution < -0.4 is 5.32 Å². The molecule has 1 aromatic heterocycles. The minimum atomic E-state index is -1.05. The first-order chi connectivity index (χ1) is 12.0. The van der Waals surface area contributed by atoms with Gasteiger partial charge in [-0.15, -0.1) is 0 Å². The Hall–Kier alpha value is -2.63. The van der Waals surface area contributed by atoms with Crippen LogP contribution in [0.4, 0.5) is 0 Å². The number of carbonyl (C=O) groups is 2. The van der Waals surface area contributed by atoms with Crippen LogP contribution in [0.15, 0.2) is 36.5 Å². The van der Waals surface area contributed by atoms with Crippen LogP contribution in [0.3, 0.4) is 0 Å². The summed E-state index contributed by atoms with van der Waals surface area (Å²) >= 11 is 0. The first-order valence-electron chi connectivity index (χ1n) is 8.68. The van der Waals surface area contributed by atoms with Crippen molar-refractivity contribution < 1.29 is 14.7 Å². The molecule has 1 aromatic carbocycles. The largest absolute Gasteiger partial charge is 0.476 e. The normalized spacial score (nSPS) is 17.9. The second-order valence-electron chi connectivity index (χ2n) is 7.38. The highest BCUT2D eigenvalue weighted by Gasteiger charge is 2.52. The molecular weight excluding hydrogens is 318 g/mol. The molecule has 2 aliphatic carbocycles. The predicted octanol–water partition coefficient (Wildman–Crippen LogP) is 2.77. The molecule has 6 nitrogen and oxygen atoms in total. The smallest absolute Gasteiger partial charge is 0.356 e. The topological polar surface area (TPSA) is 84.2 Å². The molecule has 0 aliphatic heterocycles. The van der Waals surface area contributed by atoms with Gasteiger partial charge in [-0.3, -0.25) is 4.79 Å². The molecule has 2 aliphatic rings. The van der Waals surface area contributed by atoms with Crippen LogP contribution in [0.1, 0.15) is 48.2 Å². The lowest BCUT2D eigenvalue weighted by Crippen LogP contribution is -2.32. The Morgan fingerprint density at radius 1 is 1.28 bits per heavy atom. The van der Waals surface area contributed by atoms with Gasteiger partial charge in [0.15, 0.2) is 5.69 Å². The first-order valence-corrected chi connectivity index (χ1v) is 8.68. The van der Waals surface area contributed by atoms with E-state index in [1.165, 1.54) is 36.4 Å². The number of carbonyl (C=O) groups excluding carboxylic acids is 1. The number of aromatic carboxylic acids is 1. The lowest BCUT2D eigenvalue weighted by atomic mass is 9.70. The summed E-state index contributed by atoms with van der Waals surface area (Å²) in [5, 5.41) is 16.0. The lowest BCUT2D eigenvalue weighted by molar-refractivity contribution is -0.123. The highest BCUT2D eigenvalue weighted by molar-refractivity contribution is 5.85. The van der Waals surface area contributed by atoms with E-state index >= 15 is 0 Å². The number of hydrogen-bond acceptors (Lipinski definition) is 3. The summed E-state index contributed by atoms with van der Waals surface area (Å²) in [6, 6.07) is 9.03. The van der Waals surface area contributed by atoms with Crippen molar-refractivity contribution in [3.05, 3.63) is 47.8 Å². The summed E-state index contributed by atoms with van der Waals surface area (Å²) in [6.45, 7) is 0.470. The molecule has 0 bridgehead atoms. The fourth-order valence-electron chi connectivity index (χ4n) is 3.82. The van der Waals surface area contributed by atoms with E-state index in [1.54, 1.807) is 6.20 Å². The van der Waals surface area contributed by atoms with Crippen LogP contribution in [0, 0.1) is 11.3 Å². The van der Waals surface area contributed by atoms with Crippen molar-refractivity contribution in [2.75, 3.05) is 0 Å². The maximum Gasteiger partial charge on any atom is 0.356 e. The molecule has 130 valence electrons. The van der Waals surface area contributed by atoms with Crippen LogP contribution in [0.5, 0.6) is 0 Å². The van der Waals surface area contributed by atoms with E-state index in [4.69, 9.17) is 5.11 Å². The third-order valence-electron chi connectivity index (χ3n) is 5.35. The van der Waals surface area contributed by atoms with Crippen molar-refractivity contribution in [2.24, 2.45) is 11.3 Å². The van der Waals surface area contributed by atoms with Gasteiger partial charge in [-0.25, -0.2) is 9.48 Å². The van der Waals surface area contributed by atoms with E-state index in [9.17, 15) is 9.59 Å². The van der Waals surface area contributed by atoms with Crippen molar-refractivity contribution in [1.29, 1.82) is 0 Å². The van der Waals surface area contributed by atoms with Gasteiger partial charge < -0.3 is 10.4 Å². The molecule has 0 unspecified atom stereocenters. The molecule has 4 rings (SSSR count). The third kappa shape index (κ3) is 3.43. The van der Waals surface area contributed by atoms with E-state index in [0.29, 0.717) is 24.3 Å². The van der Waals surface area contributed by atoms with E-state index in [1.807, 2.05) is 24.3 Å². The van der Waals surface area contributed by atoms with Crippen molar-refractivity contribution >= 4 is 11.9 Å². The summed E-state index contributed by atoms with van der Waals surface area (Å²) in [7, 11) is 0. The molecule has 1 amide bonds. The van der Waals surface area contributed by atoms with Gasteiger partial charge in [0, 0.05) is 19.2 Å². The number of carboxylic acid groups (broad SMARTS) is 1. The molecule has 0 saturated heterocycles. The Labute approximate surface area is 145 Å². The molecule has 1 heterocycles. The van der Waals surface area contributed by atoms with Crippen molar-refractivity contribution in [2.45, 2.75) is 38.6 Å². The van der Waals surface area contributed by atoms with Gasteiger partial charge in [-0.05, 0) is 60.8 Å². The zero-order chi connectivity index (χ0) is 17.4. The van der Waals surface area contributed by atoms with Crippen LogP contribution in [0.25, 0.3) is 5.69 Å². The number of nitrogens with one attached hydrogen (secondary N) is 1. The molecule has 2 saturated carbocycles. The molecule has 25 heavy (non-hydrogen) atoms. The minimum Gasteiger partial charge on any atom is -0.476 e. The minimum absolute atomic E-state index is 0.00707. The van der Waals surface area contributed by atoms with E-state index in [0.717, 1.165) is 11.3 Å². The monoisotopic (exact) mass is 339 g/mol. The summed E-state index contributed by atoms with van der Waals surface area (Å²) in [5.41, 5.74) is 2.38. The average Bonchev–Trinajstić information content (AvgIpc) is 3.19. The van der Waals surface area contributed by atoms with Crippen molar-refractivity contribution in [1.82, 2.24) is 15.1 Å². The van der Waals surface area contributed by atoms with Gasteiger partial charge in [-0.2, -0.15) is 5.10 Å². The Bertz CT molecular complexity index is 815. The highest BCUT2D eigenvalue weighted by atomic mass is 16.4. The maximum absolute atomic E-state index is 12.1. The van der Waals surface area contributed by atoms with Crippen molar-refractivity contribution in [3.8, 4) is 5.69 Å². The number of hydrogen-bond donors (Lipinski definition) is 2. The molecule has 0 atom stereocenters. The fraction of sp³-hybridized carbons (Fsp3) is 0.421. The van der Waals surface area contributed by atoms with Crippen molar-refractivity contribution in [3.63, 3.8) is 0 Å². The molecule has 2 N–H and O–H groups in total. The molecule has 2 fully saturated rings. The van der Waals surface area contributed by atoms with E-state index in [-0.39, 0.29) is 11.6 Å². The van der Waals surface area contributed by atoms with Crippen LogP contribution in [-0.4, -0.2) is 26.8 Å². The van der Waals surface area contributed by atoms with Gasteiger partial charge in [0.25, 0.3) is 0 Å². The average molecular weight is 339 g/mol. The molecule has 2 aromatic rings. The molecule has 1 spiro atoms. The number of nitrogens with zero attached hydrogens (tertiary/aromatic N) is 2. The number of rotatable bonds is 6. The summed E-state index contributed by atoms with van der Waals surface area (Å²) in [4.78, 5) is 23.0. The Morgan fingerprint density at radius 3 is 2.76 bits per heavy atom. The summed E-state index contributed by atoms with van der Waals surface area (Å²) in [5.74, 6) is -0.378. The Kier molecular flexibility index (Phi) is 3.82. The summed E-state index contributed by atoms with van der Waals surface area (Å²) in [6.07, 6.45) is 7.40. The third-order valence-corrected chi connectivity index (χ3v) is 5.35. The maximum atomic E-state index is 12.1. The van der Waals surface area contributed by atoms with E-state index in [2.05, 4.69) is 10.4 Å². The lowest BCUT2D eigenvalue weighted by Gasteiger charge is -2.35. The van der Waals surface area contributed by atoms with Gasteiger partial charge in [0.1, 0.15) is 0 Å². The summed E-state index contributed by atoms with van der Waals surface area (Å²) < 4.78 is 1.53. The molecular formula is C19H21N3O3. The zero-order valence-electron chi connectivity index (χ0n) is 13.9. The predicted molar refractivity (Wildman–Crippen MR) is 91.4 cm³/mol. The first kappa shape index (κ1) is 15.9. The van der Waals surface area contributed by atoms with Gasteiger partial charge in [0.2, 0.25) is 5.91 Å². The SMILES string of the molecule is O=C(CC1CC2(CC2)C1)NCc1cccc(-n2ccc(C(=O)O)n2)c1. The van der Waals surface area contributed by atoms with Gasteiger partial charge in [0.05, 0.1) is 5.69 Å². The number of carboxylic acids is 1. The van der Waals surface area contributed by atoms with Crippen LogP contribution >= 0.6 is 0 Å². The Balaban J connectivity index is 1.33. The second kappa shape index (κ2) is 6.02. The number of benzene rings is 1. The van der Waals surface area contributed by atoms with Gasteiger partial charge >= 0.3 is 5.97 Å². The standard InChI is InChI=1S/C19H21N3O3/c23-17(9-14-10-19(11-14)5-6-19)20-12-13-2-1-3-15(8-13)22-7-4-16(21-22)18(24)25/h1-4,7-8,14H,5-6,9-12H2,(H,20,23)(H,24,25). The Morgan fingerprint density at radius 2 is 2.08 bits per heavy atom. The van der Waals surface area contributed by atoms with Crippen LogP contribution in [0.2, 0.25) is 0 Å².